The first-order valence-corrected chi connectivity index (χ1v) is 10.7. The molecule has 2 heterocycles. The third-order valence-electron chi connectivity index (χ3n) is 5.19. The van der Waals surface area contributed by atoms with Crippen molar-refractivity contribution in [3.8, 4) is 0 Å². The van der Waals surface area contributed by atoms with Crippen LogP contribution in [0.1, 0.15) is 18.1 Å². The lowest BCUT2D eigenvalue weighted by Gasteiger charge is -2.34. The topological polar surface area (TPSA) is 49.9 Å². The van der Waals surface area contributed by atoms with Crippen molar-refractivity contribution in [1.82, 2.24) is 9.80 Å². The Labute approximate surface area is 145 Å². The van der Waals surface area contributed by atoms with E-state index in [2.05, 4.69) is 16.7 Å². The maximum Gasteiger partial charge on any atom is 0.175 e. The molecule has 1 aromatic rings. The number of benzene rings is 1. The highest BCUT2D eigenvalue weighted by molar-refractivity contribution is 7.90. The summed E-state index contributed by atoms with van der Waals surface area (Å²) in [6.07, 6.45) is 3.20. The van der Waals surface area contributed by atoms with Crippen LogP contribution in [0.25, 0.3) is 0 Å². The number of morpholine rings is 1. The van der Waals surface area contributed by atoms with Crippen molar-refractivity contribution >= 4 is 9.84 Å². The highest BCUT2D eigenvalue weighted by Crippen LogP contribution is 2.21. The van der Waals surface area contributed by atoms with Gasteiger partial charge in [0, 0.05) is 45.0 Å². The third kappa shape index (κ3) is 4.36. The van der Waals surface area contributed by atoms with Gasteiger partial charge in [-0.2, -0.15) is 0 Å². The van der Waals surface area contributed by atoms with Crippen molar-refractivity contribution in [2.75, 3.05) is 52.2 Å². The molecule has 0 saturated carbocycles. The second kappa shape index (κ2) is 7.52. The zero-order valence-corrected chi connectivity index (χ0v) is 15.5. The molecule has 1 fully saturated rings. The van der Waals surface area contributed by atoms with E-state index in [1.165, 1.54) is 17.4 Å². The Morgan fingerprint density at radius 1 is 1.08 bits per heavy atom. The molecule has 6 heteroatoms. The number of fused-ring (bicyclic) bond motifs is 1. The van der Waals surface area contributed by atoms with Gasteiger partial charge in [0.15, 0.2) is 9.84 Å². The predicted molar refractivity (Wildman–Crippen MR) is 95.3 cm³/mol. The highest BCUT2D eigenvalue weighted by atomic mass is 32.2. The van der Waals surface area contributed by atoms with Gasteiger partial charge in [-0.3, -0.25) is 9.80 Å². The summed E-state index contributed by atoms with van der Waals surface area (Å²) in [5.41, 5.74) is 2.49. The van der Waals surface area contributed by atoms with E-state index >= 15 is 0 Å². The van der Waals surface area contributed by atoms with Gasteiger partial charge in [0.25, 0.3) is 0 Å². The molecule has 134 valence electrons. The Bertz CT molecular complexity index is 669. The van der Waals surface area contributed by atoms with Gasteiger partial charge in [0.05, 0.1) is 18.1 Å². The standard InChI is InChI=1S/C18H28N2O3S/c1-15(14-19-9-11-23-12-10-19)20-7-5-16-3-4-18(24(2,21)22)13-17(16)6-8-20/h3-4,13,15H,5-12,14H2,1-2H3. The predicted octanol–water partition coefficient (Wildman–Crippen LogP) is 1.21. The Balaban J connectivity index is 1.64. The van der Waals surface area contributed by atoms with Crippen molar-refractivity contribution in [2.24, 2.45) is 0 Å². The maximum atomic E-state index is 11.8. The minimum absolute atomic E-state index is 0.441. The second-order valence-corrected chi connectivity index (χ2v) is 9.02. The molecule has 0 N–H and O–H groups in total. The summed E-state index contributed by atoms with van der Waals surface area (Å²) in [5.74, 6) is 0. The van der Waals surface area contributed by atoms with Crippen LogP contribution in [0.4, 0.5) is 0 Å². The molecule has 1 aromatic carbocycles. The van der Waals surface area contributed by atoms with E-state index in [1.54, 1.807) is 6.07 Å². The van der Waals surface area contributed by atoms with Crippen LogP contribution in [-0.2, 0) is 27.4 Å². The molecule has 0 bridgehead atoms. The van der Waals surface area contributed by atoms with Gasteiger partial charge < -0.3 is 4.74 Å². The zero-order chi connectivity index (χ0) is 17.2. The van der Waals surface area contributed by atoms with Crippen molar-refractivity contribution in [1.29, 1.82) is 0 Å². The molecule has 3 rings (SSSR count). The third-order valence-corrected chi connectivity index (χ3v) is 6.30. The van der Waals surface area contributed by atoms with Gasteiger partial charge in [-0.05, 0) is 43.0 Å². The summed E-state index contributed by atoms with van der Waals surface area (Å²) >= 11 is 0. The number of rotatable bonds is 4. The van der Waals surface area contributed by atoms with Crippen molar-refractivity contribution in [3.63, 3.8) is 0 Å². The van der Waals surface area contributed by atoms with Gasteiger partial charge in [-0.15, -0.1) is 0 Å². The molecule has 2 aliphatic rings. The monoisotopic (exact) mass is 352 g/mol. The van der Waals surface area contributed by atoms with Crippen LogP contribution in [-0.4, -0.2) is 76.5 Å². The lowest BCUT2D eigenvalue weighted by atomic mass is 10.0. The van der Waals surface area contributed by atoms with Crippen molar-refractivity contribution < 1.29 is 13.2 Å². The second-order valence-electron chi connectivity index (χ2n) is 7.00. The van der Waals surface area contributed by atoms with E-state index < -0.39 is 9.84 Å². The van der Waals surface area contributed by atoms with E-state index in [9.17, 15) is 8.42 Å². The van der Waals surface area contributed by atoms with Crippen LogP contribution in [0, 0.1) is 0 Å². The molecule has 1 atom stereocenters. The van der Waals surface area contributed by atoms with Crippen LogP contribution in [0.2, 0.25) is 0 Å². The highest BCUT2D eigenvalue weighted by Gasteiger charge is 2.22. The number of sulfone groups is 1. The lowest BCUT2D eigenvalue weighted by molar-refractivity contribution is 0.0249. The Kier molecular flexibility index (Phi) is 5.59. The molecule has 24 heavy (non-hydrogen) atoms. The zero-order valence-electron chi connectivity index (χ0n) is 14.7. The number of hydrogen-bond acceptors (Lipinski definition) is 5. The molecular formula is C18H28N2O3S. The summed E-state index contributed by atoms with van der Waals surface area (Å²) in [4.78, 5) is 5.46. The van der Waals surface area contributed by atoms with Gasteiger partial charge in [0.1, 0.15) is 0 Å². The first-order chi connectivity index (χ1) is 11.4. The molecule has 1 unspecified atom stereocenters. The summed E-state index contributed by atoms with van der Waals surface area (Å²) < 4.78 is 29.0. The average molecular weight is 353 g/mol. The molecule has 0 aliphatic carbocycles. The van der Waals surface area contributed by atoms with Crippen LogP contribution in [0.5, 0.6) is 0 Å². The van der Waals surface area contributed by atoms with E-state index in [4.69, 9.17) is 4.74 Å². The fourth-order valence-electron chi connectivity index (χ4n) is 3.66. The molecule has 0 amide bonds. The Morgan fingerprint density at radius 2 is 1.75 bits per heavy atom. The van der Waals surface area contributed by atoms with E-state index in [1.807, 2.05) is 12.1 Å². The van der Waals surface area contributed by atoms with Crippen LogP contribution in [0.3, 0.4) is 0 Å². The lowest BCUT2D eigenvalue weighted by Crippen LogP contribution is -2.46. The molecule has 5 nitrogen and oxygen atoms in total. The van der Waals surface area contributed by atoms with Gasteiger partial charge in [-0.1, -0.05) is 6.07 Å². The largest absolute Gasteiger partial charge is 0.379 e. The minimum Gasteiger partial charge on any atom is -0.379 e. The maximum absolute atomic E-state index is 11.8. The number of nitrogens with zero attached hydrogens (tertiary/aromatic N) is 2. The van der Waals surface area contributed by atoms with Crippen molar-refractivity contribution in [2.45, 2.75) is 30.7 Å². The fraction of sp³-hybridized carbons (Fsp3) is 0.667. The molecule has 0 spiro atoms. The van der Waals surface area contributed by atoms with Crippen LogP contribution in [0.15, 0.2) is 23.1 Å². The first kappa shape index (κ1) is 17.9. The minimum atomic E-state index is -3.13. The molecule has 0 radical (unpaired) electrons. The molecular weight excluding hydrogens is 324 g/mol. The quantitative estimate of drug-likeness (QED) is 0.815. The smallest absolute Gasteiger partial charge is 0.175 e. The summed E-state index contributed by atoms with van der Waals surface area (Å²) in [6.45, 7) is 9.13. The normalized spacial score (nSPS) is 21.9. The summed E-state index contributed by atoms with van der Waals surface area (Å²) in [5, 5.41) is 0. The number of hydrogen-bond donors (Lipinski definition) is 0. The Morgan fingerprint density at radius 3 is 2.42 bits per heavy atom. The van der Waals surface area contributed by atoms with Crippen molar-refractivity contribution in [3.05, 3.63) is 29.3 Å². The SMILES string of the molecule is CC(CN1CCOCC1)N1CCc2ccc(S(C)(=O)=O)cc2CC1. The number of ether oxygens (including phenoxy) is 1. The molecule has 1 saturated heterocycles. The summed E-state index contributed by atoms with van der Waals surface area (Å²) in [7, 11) is -3.13. The van der Waals surface area contributed by atoms with E-state index in [0.717, 1.165) is 58.8 Å². The average Bonchev–Trinajstić information content (AvgIpc) is 2.77. The Hall–Kier alpha value is -0.950. The van der Waals surface area contributed by atoms with Crippen LogP contribution >= 0.6 is 0 Å². The van der Waals surface area contributed by atoms with Crippen LogP contribution < -0.4 is 0 Å². The summed E-state index contributed by atoms with van der Waals surface area (Å²) in [6, 6.07) is 6.13. The van der Waals surface area contributed by atoms with Gasteiger partial charge in [0.2, 0.25) is 0 Å². The molecule has 2 aliphatic heterocycles. The van der Waals surface area contributed by atoms with E-state index in [-0.39, 0.29) is 0 Å². The first-order valence-electron chi connectivity index (χ1n) is 8.79. The van der Waals surface area contributed by atoms with Gasteiger partial charge >= 0.3 is 0 Å². The molecule has 0 aromatic heterocycles. The van der Waals surface area contributed by atoms with E-state index in [0.29, 0.717) is 10.9 Å². The van der Waals surface area contributed by atoms with Gasteiger partial charge in [-0.25, -0.2) is 8.42 Å². The fourth-order valence-corrected chi connectivity index (χ4v) is 4.33.